The number of nitrogens with one attached hydrogen (secondary N) is 1. The largest absolute Gasteiger partial charge is 0.373 e. The minimum Gasteiger partial charge on any atom is -0.373 e. The lowest BCUT2D eigenvalue weighted by atomic mass is 9.72. The van der Waals surface area contributed by atoms with Crippen LogP contribution >= 0.6 is 0 Å². The second-order valence-electron chi connectivity index (χ2n) is 14.9. The molecule has 4 aliphatic rings. The van der Waals surface area contributed by atoms with Crippen molar-refractivity contribution < 1.29 is 19.1 Å². The number of likely N-dealkylation sites (tertiary alicyclic amines) is 1. The molecule has 260 valence electrons. The van der Waals surface area contributed by atoms with Crippen molar-refractivity contribution in [3.8, 4) is 0 Å². The standard InChI is InChI=1S/C37H58N6O4/c1-37(2,3)27-22-32(34(46-4)33(23-27)43(39)36(45)35(44)42-20-21-47-25-42)40-31-16-15-28(29-13-6-7-14-30(29)31)26(24-38)12-8-11-19-41-17-9-5-10-18-41/h6-7,13-14,16,22,26-28,33-34,40H,5,8-12,15,17-21,23-25,38-39H2,1-4H3/t26?,27?,28-,33?,34?/m0/s1. The third-order valence-electron chi connectivity index (χ3n) is 10.8. The number of methoxy groups -OCH3 is 1. The van der Waals surface area contributed by atoms with Gasteiger partial charge in [0.05, 0.1) is 12.6 Å². The fourth-order valence-electron chi connectivity index (χ4n) is 7.88. The van der Waals surface area contributed by atoms with E-state index in [0.717, 1.165) is 29.2 Å². The molecule has 47 heavy (non-hydrogen) atoms. The average Bonchev–Trinajstić information content (AvgIpc) is 3.63. The van der Waals surface area contributed by atoms with Crippen molar-refractivity contribution in [3.05, 3.63) is 53.2 Å². The zero-order chi connectivity index (χ0) is 33.6. The Balaban J connectivity index is 1.32. The first kappa shape index (κ1) is 35.5. The number of hydrogen-bond donors (Lipinski definition) is 3. The maximum Gasteiger partial charge on any atom is 0.326 e. The van der Waals surface area contributed by atoms with E-state index in [1.807, 2.05) is 0 Å². The lowest BCUT2D eigenvalue weighted by Gasteiger charge is -2.43. The lowest BCUT2D eigenvalue weighted by Crippen LogP contribution is -2.59. The number of rotatable bonds is 11. The minimum absolute atomic E-state index is 0.0872. The van der Waals surface area contributed by atoms with Crippen LogP contribution in [-0.4, -0.2) is 91.9 Å². The SMILES string of the molecule is COC1C(NC2=CC[C@@H](C(CN)CCCCN3CCCCC3)c3ccccc32)=CC(C(C)(C)C)CC1N(N)C(=O)C(=O)N1CCOC1. The molecule has 0 radical (unpaired) electrons. The predicted octanol–water partition coefficient (Wildman–Crippen LogP) is 4.19. The van der Waals surface area contributed by atoms with Gasteiger partial charge in [0.15, 0.2) is 0 Å². The molecule has 1 aromatic carbocycles. The summed E-state index contributed by atoms with van der Waals surface area (Å²) < 4.78 is 11.4. The summed E-state index contributed by atoms with van der Waals surface area (Å²) in [5.41, 5.74) is 10.7. The van der Waals surface area contributed by atoms with E-state index in [9.17, 15) is 9.59 Å². The number of fused-ring (bicyclic) bond motifs is 1. The molecule has 0 aromatic heterocycles. The molecule has 2 amide bonds. The molecular weight excluding hydrogens is 592 g/mol. The first-order valence-electron chi connectivity index (χ1n) is 17.8. The molecule has 10 nitrogen and oxygen atoms in total. The molecule has 1 aromatic rings. The zero-order valence-electron chi connectivity index (χ0n) is 29.1. The van der Waals surface area contributed by atoms with Crippen molar-refractivity contribution in [1.29, 1.82) is 0 Å². The van der Waals surface area contributed by atoms with Crippen molar-refractivity contribution >= 4 is 17.5 Å². The Morgan fingerprint density at radius 2 is 1.89 bits per heavy atom. The fraction of sp³-hybridized carbons (Fsp3) is 0.676. The second kappa shape index (κ2) is 16.1. The van der Waals surface area contributed by atoms with Crippen molar-refractivity contribution in [2.45, 2.75) is 90.2 Å². The fourth-order valence-corrected chi connectivity index (χ4v) is 7.88. The van der Waals surface area contributed by atoms with Gasteiger partial charge >= 0.3 is 11.8 Å². The van der Waals surface area contributed by atoms with Crippen LogP contribution in [-0.2, 0) is 19.1 Å². The van der Waals surface area contributed by atoms with Crippen LogP contribution in [0, 0.1) is 17.3 Å². The lowest BCUT2D eigenvalue weighted by molar-refractivity contribution is -0.155. The topological polar surface area (TPSA) is 126 Å². The number of carbonyl (C=O) groups is 2. The summed E-state index contributed by atoms with van der Waals surface area (Å²) in [6, 6.07) is 8.12. The first-order valence-corrected chi connectivity index (χ1v) is 17.8. The molecule has 2 heterocycles. The normalized spacial score (nSPS) is 25.9. The highest BCUT2D eigenvalue weighted by atomic mass is 16.5. The first-order chi connectivity index (χ1) is 22.6. The highest BCUT2D eigenvalue weighted by Crippen LogP contribution is 2.42. The highest BCUT2D eigenvalue weighted by molar-refractivity contribution is 6.34. The maximum atomic E-state index is 13.3. The van der Waals surface area contributed by atoms with Gasteiger partial charge in [-0.3, -0.25) is 14.6 Å². The molecule has 2 fully saturated rings. The van der Waals surface area contributed by atoms with Crippen LogP contribution < -0.4 is 16.9 Å². The van der Waals surface area contributed by atoms with Crippen molar-refractivity contribution in [2.24, 2.45) is 28.8 Å². The van der Waals surface area contributed by atoms with Gasteiger partial charge < -0.3 is 30.3 Å². The summed E-state index contributed by atoms with van der Waals surface area (Å²) in [5, 5.41) is 4.84. The summed E-state index contributed by atoms with van der Waals surface area (Å²) in [7, 11) is 1.63. The number of benzene rings is 1. The molecular formula is C37H58N6O4. The number of carbonyl (C=O) groups excluding carboxylic acids is 2. The van der Waals surface area contributed by atoms with Crippen molar-refractivity contribution in [1.82, 2.24) is 20.1 Å². The molecule has 4 unspecified atom stereocenters. The third kappa shape index (κ3) is 8.46. The number of hydrazine groups is 1. The Kier molecular flexibility index (Phi) is 12.2. The summed E-state index contributed by atoms with van der Waals surface area (Å²) in [4.78, 5) is 30.4. The second-order valence-corrected chi connectivity index (χ2v) is 14.9. The molecule has 2 aliphatic heterocycles. The van der Waals surface area contributed by atoms with Crippen LogP contribution in [0.25, 0.3) is 5.70 Å². The molecule has 2 aliphatic carbocycles. The van der Waals surface area contributed by atoms with Gasteiger partial charge in [0, 0.05) is 30.6 Å². The Hall–Kier alpha value is -2.76. The summed E-state index contributed by atoms with van der Waals surface area (Å²) >= 11 is 0. The quantitative estimate of drug-likeness (QED) is 0.107. The van der Waals surface area contributed by atoms with Gasteiger partial charge in [-0.1, -0.05) is 70.0 Å². The third-order valence-corrected chi connectivity index (χ3v) is 10.8. The number of nitrogens with zero attached hydrogens (tertiary/aromatic N) is 3. The van der Waals surface area contributed by atoms with Gasteiger partial charge in [-0.2, -0.15) is 0 Å². The molecule has 0 saturated carbocycles. The van der Waals surface area contributed by atoms with Gasteiger partial charge in [-0.25, -0.2) is 5.84 Å². The molecule has 10 heteroatoms. The molecule has 2 saturated heterocycles. The van der Waals surface area contributed by atoms with Gasteiger partial charge in [0.2, 0.25) is 0 Å². The van der Waals surface area contributed by atoms with Crippen LogP contribution in [0.1, 0.15) is 89.2 Å². The van der Waals surface area contributed by atoms with Gasteiger partial charge in [0.1, 0.15) is 12.8 Å². The Morgan fingerprint density at radius 3 is 2.57 bits per heavy atom. The van der Waals surface area contributed by atoms with Crippen LogP contribution in [0.4, 0.5) is 0 Å². The van der Waals surface area contributed by atoms with Crippen LogP contribution in [0.15, 0.2) is 42.1 Å². The smallest absolute Gasteiger partial charge is 0.326 e. The highest BCUT2D eigenvalue weighted by Gasteiger charge is 2.43. The summed E-state index contributed by atoms with van der Waals surface area (Å²) in [6.07, 6.45) is 13.1. The van der Waals surface area contributed by atoms with Gasteiger partial charge in [0.25, 0.3) is 0 Å². The number of nitrogens with two attached hydrogens (primary N) is 2. The molecule has 5 N–H and O–H groups in total. The van der Waals surface area contributed by atoms with Gasteiger partial charge in [-0.05, 0) is 93.4 Å². The number of unbranched alkanes of at least 4 members (excludes halogenated alkanes) is 1. The number of piperidine rings is 1. The summed E-state index contributed by atoms with van der Waals surface area (Å²) in [6.45, 7) is 11.8. The van der Waals surface area contributed by atoms with Gasteiger partial charge in [-0.15, -0.1) is 0 Å². The molecule has 5 atom stereocenters. The van der Waals surface area contributed by atoms with E-state index < -0.39 is 24.0 Å². The van der Waals surface area contributed by atoms with E-state index >= 15 is 0 Å². The molecule has 5 rings (SSSR count). The Bertz CT molecular complexity index is 1280. The molecule has 0 spiro atoms. The number of ether oxygens (including phenoxy) is 2. The van der Waals surface area contributed by atoms with E-state index in [2.05, 4.69) is 67.4 Å². The van der Waals surface area contributed by atoms with Crippen molar-refractivity contribution in [2.75, 3.05) is 53.2 Å². The Morgan fingerprint density at radius 1 is 1.13 bits per heavy atom. The maximum absolute atomic E-state index is 13.3. The Labute approximate surface area is 281 Å². The summed E-state index contributed by atoms with van der Waals surface area (Å²) in [5.74, 6) is 5.97. The number of amides is 2. The minimum atomic E-state index is -0.745. The van der Waals surface area contributed by atoms with Crippen molar-refractivity contribution in [3.63, 3.8) is 0 Å². The van der Waals surface area contributed by atoms with E-state index in [1.165, 1.54) is 67.8 Å². The van der Waals surface area contributed by atoms with E-state index in [4.69, 9.17) is 21.1 Å². The number of hydrogen-bond acceptors (Lipinski definition) is 8. The zero-order valence-corrected chi connectivity index (χ0v) is 29.1. The monoisotopic (exact) mass is 650 g/mol. The predicted molar refractivity (Wildman–Crippen MR) is 185 cm³/mol. The van der Waals surface area contributed by atoms with E-state index in [-0.39, 0.29) is 18.1 Å². The van der Waals surface area contributed by atoms with Crippen LogP contribution in [0.3, 0.4) is 0 Å². The molecule has 0 bridgehead atoms. The van der Waals surface area contributed by atoms with Crippen LogP contribution in [0.5, 0.6) is 0 Å². The average molecular weight is 651 g/mol. The van der Waals surface area contributed by atoms with E-state index in [1.54, 1.807) is 7.11 Å². The number of allylic oxidation sites excluding steroid dienone is 2. The van der Waals surface area contributed by atoms with Crippen LogP contribution in [0.2, 0.25) is 0 Å². The van der Waals surface area contributed by atoms with E-state index in [0.29, 0.717) is 38.0 Å².